The zero-order chi connectivity index (χ0) is 24.0. The summed E-state index contributed by atoms with van der Waals surface area (Å²) in [6, 6.07) is 10.9. The molecular weight excluding hydrogens is 438 g/mol. The number of benzene rings is 2. The van der Waals surface area contributed by atoms with E-state index in [2.05, 4.69) is 4.99 Å². The summed E-state index contributed by atoms with van der Waals surface area (Å²) in [5.74, 6) is 0.604. The van der Waals surface area contributed by atoms with E-state index in [0.717, 1.165) is 0 Å². The van der Waals surface area contributed by atoms with Crippen molar-refractivity contribution in [2.45, 2.75) is 6.92 Å². The van der Waals surface area contributed by atoms with E-state index < -0.39 is 0 Å². The van der Waals surface area contributed by atoms with Crippen molar-refractivity contribution >= 4 is 33.8 Å². The summed E-state index contributed by atoms with van der Waals surface area (Å²) in [5, 5.41) is 0.779. The van der Waals surface area contributed by atoms with Crippen molar-refractivity contribution < 1.29 is 18.3 Å². The maximum absolute atomic E-state index is 13.4. The van der Waals surface area contributed by atoms with Crippen LogP contribution in [0.1, 0.15) is 11.3 Å². The Bertz CT molecular complexity index is 1690. The monoisotopic (exact) mass is 459 g/mol. The molecule has 5 rings (SSSR count). The minimum Gasteiger partial charge on any atom is -0.495 e. The highest BCUT2D eigenvalue weighted by Gasteiger charge is 2.23. The summed E-state index contributed by atoms with van der Waals surface area (Å²) in [7, 11) is 4.71. The van der Waals surface area contributed by atoms with Gasteiger partial charge in [0.05, 0.1) is 42.8 Å². The molecule has 34 heavy (non-hydrogen) atoms. The average Bonchev–Trinajstić information content (AvgIpc) is 3.41. The second-order valence-corrected chi connectivity index (χ2v) is 7.62. The van der Waals surface area contributed by atoms with Crippen LogP contribution in [0.3, 0.4) is 0 Å². The predicted molar refractivity (Wildman–Crippen MR) is 128 cm³/mol. The number of para-hydroxylation sites is 1. The van der Waals surface area contributed by atoms with Crippen LogP contribution in [0.4, 0.5) is 5.69 Å². The van der Waals surface area contributed by atoms with Crippen molar-refractivity contribution in [3.63, 3.8) is 0 Å². The molecule has 0 atom stereocenters. The minimum atomic E-state index is -0.375. The summed E-state index contributed by atoms with van der Waals surface area (Å²) in [6.45, 7) is 1.79. The number of fused-ring (bicyclic) bond motifs is 2. The topological polar surface area (TPSA) is 101 Å². The fourth-order valence-corrected chi connectivity index (χ4v) is 4.08. The van der Waals surface area contributed by atoms with Gasteiger partial charge in [0.1, 0.15) is 17.4 Å². The van der Waals surface area contributed by atoms with Crippen LogP contribution in [0.25, 0.3) is 27.6 Å². The molecule has 9 heteroatoms. The molecule has 0 saturated carbocycles. The summed E-state index contributed by atoms with van der Waals surface area (Å²) < 4.78 is 25.5. The first-order chi connectivity index (χ1) is 16.5. The SMILES string of the molecule is COc1c2occc2c(OC)c2c(=O)c(C=Nc3c(C)n(C)n(-c4ccccc4)c3=O)coc12. The van der Waals surface area contributed by atoms with Crippen LogP contribution in [-0.2, 0) is 7.05 Å². The Labute approximate surface area is 193 Å². The molecule has 9 nitrogen and oxygen atoms in total. The number of aliphatic imine (C=N–C) groups is 1. The van der Waals surface area contributed by atoms with Gasteiger partial charge in [-0.1, -0.05) is 18.2 Å². The van der Waals surface area contributed by atoms with Crippen LogP contribution in [0.15, 0.2) is 72.3 Å². The maximum Gasteiger partial charge on any atom is 0.297 e. The normalized spacial score (nSPS) is 11.6. The van der Waals surface area contributed by atoms with Gasteiger partial charge in [-0.05, 0) is 25.1 Å². The molecule has 0 bridgehead atoms. The molecule has 0 aliphatic heterocycles. The lowest BCUT2D eigenvalue weighted by Crippen LogP contribution is -2.19. The molecule has 0 saturated heterocycles. The van der Waals surface area contributed by atoms with Crippen molar-refractivity contribution in [3.05, 3.63) is 80.8 Å². The first-order valence-corrected chi connectivity index (χ1v) is 10.4. The van der Waals surface area contributed by atoms with Gasteiger partial charge in [-0.15, -0.1) is 0 Å². The summed E-state index contributed by atoms with van der Waals surface area (Å²) in [5.41, 5.74) is 1.68. The first kappa shape index (κ1) is 21.3. The van der Waals surface area contributed by atoms with E-state index in [1.165, 1.54) is 37.6 Å². The number of hydrogen-bond donors (Lipinski definition) is 0. The van der Waals surface area contributed by atoms with E-state index in [0.29, 0.717) is 33.8 Å². The summed E-state index contributed by atoms with van der Waals surface area (Å²) in [6.07, 6.45) is 4.09. The molecule has 3 aromatic heterocycles. The van der Waals surface area contributed by atoms with Gasteiger partial charge in [0.2, 0.25) is 11.2 Å². The zero-order valence-electron chi connectivity index (χ0n) is 19.0. The van der Waals surface area contributed by atoms with Crippen molar-refractivity contribution in [3.8, 4) is 17.2 Å². The maximum atomic E-state index is 13.4. The Morgan fingerprint density at radius 1 is 0.971 bits per heavy atom. The molecule has 0 radical (unpaired) electrons. The first-order valence-electron chi connectivity index (χ1n) is 10.4. The highest BCUT2D eigenvalue weighted by atomic mass is 16.5. The molecule has 2 aromatic carbocycles. The van der Waals surface area contributed by atoms with Crippen LogP contribution in [-0.4, -0.2) is 29.8 Å². The van der Waals surface area contributed by atoms with Crippen LogP contribution < -0.4 is 20.5 Å². The molecule has 0 spiro atoms. The fraction of sp³-hybridized carbons (Fsp3) is 0.160. The average molecular weight is 459 g/mol. The lowest BCUT2D eigenvalue weighted by atomic mass is 10.1. The molecule has 172 valence electrons. The molecule has 5 aromatic rings. The molecule has 3 heterocycles. The predicted octanol–water partition coefficient (Wildman–Crippen LogP) is 4.10. The number of furan rings is 1. The fourth-order valence-electron chi connectivity index (χ4n) is 4.08. The van der Waals surface area contributed by atoms with Crippen molar-refractivity contribution in [2.75, 3.05) is 14.2 Å². The second-order valence-electron chi connectivity index (χ2n) is 7.62. The van der Waals surface area contributed by atoms with Crippen molar-refractivity contribution in [1.29, 1.82) is 0 Å². The van der Waals surface area contributed by atoms with E-state index in [9.17, 15) is 9.59 Å². The Morgan fingerprint density at radius 3 is 2.41 bits per heavy atom. The lowest BCUT2D eigenvalue weighted by Gasteiger charge is -2.10. The Morgan fingerprint density at radius 2 is 1.71 bits per heavy atom. The lowest BCUT2D eigenvalue weighted by molar-refractivity contribution is 0.400. The number of rotatable bonds is 5. The Kier molecular flexibility index (Phi) is 5.09. The van der Waals surface area contributed by atoms with Crippen LogP contribution in [0, 0.1) is 6.92 Å². The minimum absolute atomic E-state index is 0.157. The third kappa shape index (κ3) is 3.05. The number of methoxy groups -OCH3 is 2. The van der Waals surface area contributed by atoms with Crippen molar-refractivity contribution in [1.82, 2.24) is 9.36 Å². The van der Waals surface area contributed by atoms with E-state index in [4.69, 9.17) is 18.3 Å². The largest absolute Gasteiger partial charge is 0.495 e. The number of ether oxygens (including phenoxy) is 2. The number of nitrogens with zero attached hydrogens (tertiary/aromatic N) is 3. The van der Waals surface area contributed by atoms with Gasteiger partial charge in [0.15, 0.2) is 16.9 Å². The van der Waals surface area contributed by atoms with Gasteiger partial charge in [0.25, 0.3) is 5.56 Å². The Hall–Kier alpha value is -4.53. The molecule has 0 aliphatic carbocycles. The molecule has 0 amide bonds. The van der Waals surface area contributed by atoms with E-state index in [-0.39, 0.29) is 33.2 Å². The van der Waals surface area contributed by atoms with Gasteiger partial charge in [-0.2, -0.15) is 0 Å². The standard InChI is InChI=1S/C25H21N3O6/c1-14-19(25(30)28(27(14)2)16-8-6-5-7-9-16)26-12-15-13-34-23-18(20(15)29)21(31-3)17-10-11-33-22(17)24(23)32-4/h5-13H,1-4H3. The van der Waals surface area contributed by atoms with Crippen LogP contribution in [0.2, 0.25) is 0 Å². The molecule has 0 aliphatic rings. The van der Waals surface area contributed by atoms with Gasteiger partial charge in [-0.25, -0.2) is 9.67 Å². The van der Waals surface area contributed by atoms with E-state index >= 15 is 0 Å². The number of hydrogen-bond acceptors (Lipinski definition) is 7. The molecule has 0 N–H and O–H groups in total. The highest BCUT2D eigenvalue weighted by molar-refractivity contribution is 6.07. The van der Waals surface area contributed by atoms with Crippen LogP contribution >= 0.6 is 0 Å². The number of aromatic nitrogens is 2. The third-order valence-corrected chi connectivity index (χ3v) is 5.83. The van der Waals surface area contributed by atoms with Gasteiger partial charge in [0, 0.05) is 13.3 Å². The molecule has 0 unspecified atom stereocenters. The quantitative estimate of drug-likeness (QED) is 0.367. The van der Waals surface area contributed by atoms with Crippen molar-refractivity contribution in [2.24, 2.45) is 12.0 Å². The molecule has 0 fully saturated rings. The highest BCUT2D eigenvalue weighted by Crippen LogP contribution is 2.41. The van der Waals surface area contributed by atoms with Gasteiger partial charge < -0.3 is 18.3 Å². The van der Waals surface area contributed by atoms with Gasteiger partial charge in [-0.3, -0.25) is 14.3 Å². The third-order valence-electron chi connectivity index (χ3n) is 5.83. The van der Waals surface area contributed by atoms with E-state index in [1.54, 1.807) is 24.7 Å². The summed E-state index contributed by atoms with van der Waals surface area (Å²) >= 11 is 0. The molecular formula is C25H21N3O6. The van der Waals surface area contributed by atoms with E-state index in [1.807, 2.05) is 30.3 Å². The van der Waals surface area contributed by atoms with Gasteiger partial charge >= 0.3 is 0 Å². The van der Waals surface area contributed by atoms with Crippen LogP contribution in [0.5, 0.6) is 11.5 Å². The smallest absolute Gasteiger partial charge is 0.297 e. The summed E-state index contributed by atoms with van der Waals surface area (Å²) in [4.78, 5) is 30.9. The second kappa shape index (κ2) is 8.11. The zero-order valence-corrected chi connectivity index (χ0v) is 19.0. The Balaban J connectivity index is 1.68.